The van der Waals surface area contributed by atoms with Crippen LogP contribution in [-0.4, -0.2) is 40.3 Å². The second-order valence-corrected chi connectivity index (χ2v) is 9.96. The van der Waals surface area contributed by atoms with Crippen LogP contribution >= 0.6 is 11.8 Å². The quantitative estimate of drug-likeness (QED) is 0.274. The van der Waals surface area contributed by atoms with Crippen LogP contribution in [0.25, 0.3) is 0 Å². The summed E-state index contributed by atoms with van der Waals surface area (Å²) in [6.45, 7) is 3.16. The summed E-state index contributed by atoms with van der Waals surface area (Å²) in [5, 5.41) is 8.91. The van der Waals surface area contributed by atoms with Crippen LogP contribution in [-0.2, 0) is 4.79 Å². The molecule has 0 saturated carbocycles. The molecule has 0 bridgehead atoms. The van der Waals surface area contributed by atoms with E-state index in [0.717, 1.165) is 36.3 Å². The minimum absolute atomic E-state index is 0.0434. The van der Waals surface area contributed by atoms with Crippen molar-refractivity contribution in [2.24, 2.45) is 0 Å². The van der Waals surface area contributed by atoms with Crippen molar-refractivity contribution in [3.8, 4) is 17.2 Å². The van der Waals surface area contributed by atoms with Gasteiger partial charge in [0.1, 0.15) is 22.6 Å². The summed E-state index contributed by atoms with van der Waals surface area (Å²) in [5.41, 5.74) is 1.27. The molecule has 0 aliphatic carbocycles. The summed E-state index contributed by atoms with van der Waals surface area (Å²) < 4.78 is 11.8. The number of hydrogen-bond acceptors (Lipinski definition) is 5. The maximum atomic E-state index is 13.3. The Morgan fingerprint density at radius 1 is 0.944 bits per heavy atom. The van der Waals surface area contributed by atoms with Crippen LogP contribution in [0.4, 0.5) is 0 Å². The van der Waals surface area contributed by atoms with Gasteiger partial charge in [0.2, 0.25) is 5.91 Å². The van der Waals surface area contributed by atoms with Gasteiger partial charge in [-0.15, -0.1) is 11.8 Å². The zero-order valence-corrected chi connectivity index (χ0v) is 21.2. The Hall–Kier alpha value is -3.45. The Kier molecular flexibility index (Phi) is 8.90. The van der Waals surface area contributed by atoms with E-state index in [-0.39, 0.29) is 22.1 Å². The van der Waals surface area contributed by atoms with Crippen LogP contribution < -0.4 is 9.47 Å². The number of benzene rings is 3. The number of carboxylic acids is 1. The Morgan fingerprint density at radius 3 is 2.42 bits per heavy atom. The first-order valence-electron chi connectivity index (χ1n) is 12.3. The molecule has 0 aromatic heterocycles. The minimum atomic E-state index is -0.964. The molecule has 1 aliphatic rings. The van der Waals surface area contributed by atoms with E-state index >= 15 is 0 Å². The summed E-state index contributed by atoms with van der Waals surface area (Å²) in [5.74, 6) is 1.35. The second kappa shape index (κ2) is 12.5. The van der Waals surface area contributed by atoms with Gasteiger partial charge in [0.25, 0.3) is 0 Å². The van der Waals surface area contributed by atoms with Crippen molar-refractivity contribution in [2.75, 3.05) is 13.2 Å². The SMILES string of the molecule is CCCC[C@@H]1S[C@H](c2cccc(Oc3ccccc3)c2)N(CCCOc2ccc(C(=O)O)cc2)C1=O. The number of aromatic carboxylic acids is 1. The molecule has 1 saturated heterocycles. The van der Waals surface area contributed by atoms with Gasteiger partial charge in [0, 0.05) is 6.54 Å². The molecule has 1 amide bonds. The number of unbranched alkanes of at least 4 members (excludes halogenated alkanes) is 1. The molecule has 1 fully saturated rings. The number of hydrogen-bond donors (Lipinski definition) is 1. The summed E-state index contributed by atoms with van der Waals surface area (Å²) in [6, 6.07) is 24.0. The molecule has 2 atom stereocenters. The van der Waals surface area contributed by atoms with Gasteiger partial charge < -0.3 is 19.5 Å². The lowest BCUT2D eigenvalue weighted by Gasteiger charge is -2.24. The van der Waals surface area contributed by atoms with Crippen LogP contribution in [0.5, 0.6) is 17.2 Å². The van der Waals surface area contributed by atoms with E-state index in [9.17, 15) is 9.59 Å². The highest BCUT2D eigenvalue weighted by atomic mass is 32.2. The van der Waals surface area contributed by atoms with Crippen LogP contribution in [0.2, 0.25) is 0 Å². The van der Waals surface area contributed by atoms with Gasteiger partial charge in [0.15, 0.2) is 0 Å². The van der Waals surface area contributed by atoms with Gasteiger partial charge in [-0.2, -0.15) is 0 Å². The fraction of sp³-hybridized carbons (Fsp3) is 0.310. The molecule has 1 aliphatic heterocycles. The van der Waals surface area contributed by atoms with E-state index in [2.05, 4.69) is 13.0 Å². The Balaban J connectivity index is 1.42. The van der Waals surface area contributed by atoms with E-state index in [4.69, 9.17) is 14.6 Å². The third kappa shape index (κ3) is 6.61. The summed E-state index contributed by atoms with van der Waals surface area (Å²) in [7, 11) is 0. The molecule has 1 heterocycles. The molecule has 3 aromatic carbocycles. The van der Waals surface area contributed by atoms with E-state index in [0.29, 0.717) is 25.3 Å². The number of amides is 1. The number of carboxylic acid groups (broad SMARTS) is 1. The number of carbonyl (C=O) groups is 2. The number of para-hydroxylation sites is 1. The zero-order valence-electron chi connectivity index (χ0n) is 20.3. The molecule has 0 unspecified atom stereocenters. The Morgan fingerprint density at radius 2 is 1.69 bits per heavy atom. The van der Waals surface area contributed by atoms with Gasteiger partial charge in [-0.05, 0) is 66.9 Å². The van der Waals surface area contributed by atoms with Crippen molar-refractivity contribution >= 4 is 23.6 Å². The highest BCUT2D eigenvalue weighted by molar-refractivity contribution is 8.01. The monoisotopic (exact) mass is 505 g/mol. The fourth-order valence-electron chi connectivity index (χ4n) is 4.13. The number of rotatable bonds is 12. The maximum Gasteiger partial charge on any atom is 0.335 e. The first kappa shape index (κ1) is 25.6. The highest BCUT2D eigenvalue weighted by Crippen LogP contribution is 2.45. The van der Waals surface area contributed by atoms with E-state index in [1.54, 1.807) is 23.9 Å². The topological polar surface area (TPSA) is 76.1 Å². The van der Waals surface area contributed by atoms with E-state index < -0.39 is 5.97 Å². The summed E-state index contributed by atoms with van der Waals surface area (Å²) in [4.78, 5) is 26.3. The Bertz CT molecular complexity index is 1150. The predicted molar refractivity (Wildman–Crippen MR) is 142 cm³/mol. The molecule has 0 radical (unpaired) electrons. The van der Waals surface area contributed by atoms with Crippen molar-refractivity contribution in [3.05, 3.63) is 90.0 Å². The molecule has 7 heteroatoms. The van der Waals surface area contributed by atoms with Gasteiger partial charge in [-0.25, -0.2) is 4.79 Å². The smallest absolute Gasteiger partial charge is 0.335 e. The lowest BCUT2D eigenvalue weighted by molar-refractivity contribution is -0.130. The summed E-state index contributed by atoms with van der Waals surface area (Å²) in [6.07, 6.45) is 3.63. The van der Waals surface area contributed by atoms with Gasteiger partial charge in [-0.1, -0.05) is 50.1 Å². The molecule has 6 nitrogen and oxygen atoms in total. The average Bonchev–Trinajstić information content (AvgIpc) is 3.21. The van der Waals surface area contributed by atoms with Crippen molar-refractivity contribution in [3.63, 3.8) is 0 Å². The standard InChI is InChI=1S/C29H31NO5S/c1-2-3-13-26-27(31)30(18-8-19-34-23-16-14-21(15-17-23)29(32)33)28(36-26)22-9-7-12-25(20-22)35-24-10-5-4-6-11-24/h4-7,9-12,14-17,20,26,28H,2-3,8,13,18-19H2,1H3,(H,32,33)/t26-,28+/m0/s1. The number of thioether (sulfide) groups is 1. The van der Waals surface area contributed by atoms with Gasteiger partial charge in [0.05, 0.1) is 17.4 Å². The zero-order chi connectivity index (χ0) is 25.3. The number of carbonyl (C=O) groups excluding carboxylic acids is 1. The van der Waals surface area contributed by atoms with Crippen LogP contribution in [0.3, 0.4) is 0 Å². The van der Waals surface area contributed by atoms with Crippen LogP contribution in [0.15, 0.2) is 78.9 Å². The maximum absolute atomic E-state index is 13.3. The molecule has 3 aromatic rings. The number of nitrogens with zero attached hydrogens (tertiary/aromatic N) is 1. The lowest BCUT2D eigenvalue weighted by Crippen LogP contribution is -2.32. The lowest BCUT2D eigenvalue weighted by atomic mass is 10.1. The molecule has 188 valence electrons. The Labute approximate surface area is 216 Å². The molecule has 1 N–H and O–H groups in total. The van der Waals surface area contributed by atoms with Gasteiger partial charge >= 0.3 is 5.97 Å². The van der Waals surface area contributed by atoms with Crippen LogP contribution in [0.1, 0.15) is 53.9 Å². The largest absolute Gasteiger partial charge is 0.494 e. The number of ether oxygens (including phenoxy) is 2. The van der Waals surface area contributed by atoms with Crippen molar-refractivity contribution in [1.29, 1.82) is 0 Å². The van der Waals surface area contributed by atoms with E-state index in [1.807, 2.05) is 53.4 Å². The first-order valence-corrected chi connectivity index (χ1v) is 13.2. The molecular weight excluding hydrogens is 474 g/mol. The molecule has 0 spiro atoms. The first-order chi connectivity index (χ1) is 17.5. The third-order valence-electron chi connectivity index (χ3n) is 5.99. The van der Waals surface area contributed by atoms with Gasteiger partial charge in [-0.3, -0.25) is 4.79 Å². The second-order valence-electron chi connectivity index (χ2n) is 8.67. The van der Waals surface area contributed by atoms with Crippen LogP contribution in [0, 0.1) is 0 Å². The third-order valence-corrected chi connectivity index (χ3v) is 7.54. The van der Waals surface area contributed by atoms with Crippen molar-refractivity contribution < 1.29 is 24.2 Å². The molecular formula is C29H31NO5S. The molecule has 4 rings (SSSR count). The normalized spacial score (nSPS) is 17.2. The summed E-state index contributed by atoms with van der Waals surface area (Å²) >= 11 is 1.72. The van der Waals surface area contributed by atoms with E-state index in [1.165, 1.54) is 12.1 Å². The highest BCUT2D eigenvalue weighted by Gasteiger charge is 2.40. The fourth-order valence-corrected chi connectivity index (χ4v) is 5.66. The molecule has 36 heavy (non-hydrogen) atoms. The van der Waals surface area contributed by atoms with Crippen molar-refractivity contribution in [2.45, 2.75) is 43.2 Å². The average molecular weight is 506 g/mol. The predicted octanol–water partition coefficient (Wildman–Crippen LogP) is 6.78. The minimum Gasteiger partial charge on any atom is -0.494 e. The van der Waals surface area contributed by atoms with Crippen molar-refractivity contribution in [1.82, 2.24) is 4.90 Å².